The molecule has 1 saturated heterocycles. The predicted octanol–water partition coefficient (Wildman–Crippen LogP) is 4.59. The number of rotatable bonds is 6. The van der Waals surface area contributed by atoms with Crippen LogP contribution in [0.1, 0.15) is 17.0 Å². The highest BCUT2D eigenvalue weighted by atomic mass is 15.3. The number of nitrogen functional groups attached to an aromatic ring is 1. The van der Waals surface area contributed by atoms with Gasteiger partial charge in [0.25, 0.3) is 0 Å². The minimum Gasteiger partial charge on any atom is -0.383 e. The molecule has 0 saturated carbocycles. The Balaban J connectivity index is 1.17. The van der Waals surface area contributed by atoms with Crippen molar-refractivity contribution in [3.63, 3.8) is 0 Å². The summed E-state index contributed by atoms with van der Waals surface area (Å²) in [5, 5.41) is 18.3. The highest BCUT2D eigenvalue weighted by Gasteiger charge is 2.21. The Morgan fingerprint density at radius 2 is 1.56 bits per heavy atom. The van der Waals surface area contributed by atoms with Crippen molar-refractivity contribution in [1.82, 2.24) is 34.4 Å². The lowest BCUT2D eigenvalue weighted by atomic mass is 10.1. The van der Waals surface area contributed by atoms with E-state index in [0.717, 1.165) is 66.6 Å². The maximum Gasteiger partial charge on any atom is 0.234 e. The van der Waals surface area contributed by atoms with Gasteiger partial charge in [0.1, 0.15) is 23.2 Å². The van der Waals surface area contributed by atoms with Crippen molar-refractivity contribution in [2.24, 2.45) is 0 Å². The molecule has 2 N–H and O–H groups in total. The van der Waals surface area contributed by atoms with Crippen LogP contribution < -0.4 is 10.6 Å². The second-order valence-electron chi connectivity index (χ2n) is 10.7. The number of nitrogens with zero attached hydrogens (tertiary/aromatic N) is 10. The lowest BCUT2D eigenvalue weighted by Crippen LogP contribution is -2.46. The third kappa shape index (κ3) is 5.52. The Hall–Kier alpha value is -6.17. The molecule has 7 rings (SSSR count). The summed E-state index contributed by atoms with van der Waals surface area (Å²) >= 11 is 0. The maximum atomic E-state index is 9.21. The summed E-state index contributed by atoms with van der Waals surface area (Å²) in [6.07, 6.45) is 3.30. The van der Waals surface area contributed by atoms with Crippen LogP contribution in [0.4, 0.5) is 11.6 Å². The highest BCUT2D eigenvalue weighted by molar-refractivity contribution is 5.84. The Labute approximate surface area is 259 Å². The van der Waals surface area contributed by atoms with Gasteiger partial charge in [-0.1, -0.05) is 24.3 Å². The molecule has 218 valence electrons. The number of piperazine rings is 1. The van der Waals surface area contributed by atoms with Crippen LogP contribution in [-0.2, 0) is 6.54 Å². The topological polar surface area (TPSA) is 149 Å². The fraction of sp³-hybridized carbons (Fsp3) is 0.147. The smallest absolute Gasteiger partial charge is 0.234 e. The minimum atomic E-state index is 0.191. The third-order valence-electron chi connectivity index (χ3n) is 7.93. The van der Waals surface area contributed by atoms with Crippen LogP contribution in [0.25, 0.3) is 39.5 Å². The van der Waals surface area contributed by atoms with E-state index >= 15 is 0 Å². The summed E-state index contributed by atoms with van der Waals surface area (Å²) in [5.41, 5.74) is 12.9. The van der Waals surface area contributed by atoms with Gasteiger partial charge in [0.15, 0.2) is 11.5 Å². The van der Waals surface area contributed by atoms with Gasteiger partial charge in [0.2, 0.25) is 5.82 Å². The second-order valence-corrected chi connectivity index (χ2v) is 10.7. The quantitative estimate of drug-likeness (QED) is 0.292. The van der Waals surface area contributed by atoms with Crippen molar-refractivity contribution in [1.29, 1.82) is 10.5 Å². The summed E-state index contributed by atoms with van der Waals surface area (Å²) in [6.45, 7) is 4.22. The predicted molar refractivity (Wildman–Crippen MR) is 171 cm³/mol. The molecule has 0 aliphatic carbocycles. The molecule has 0 amide bonds. The van der Waals surface area contributed by atoms with Gasteiger partial charge in [0, 0.05) is 56.4 Å². The van der Waals surface area contributed by atoms with E-state index < -0.39 is 0 Å². The molecule has 11 nitrogen and oxygen atoms in total. The Morgan fingerprint density at radius 1 is 0.756 bits per heavy atom. The zero-order valence-electron chi connectivity index (χ0n) is 24.2. The van der Waals surface area contributed by atoms with Crippen molar-refractivity contribution in [2.45, 2.75) is 6.54 Å². The molecule has 11 heteroatoms. The Kier molecular flexibility index (Phi) is 7.28. The fourth-order valence-corrected chi connectivity index (χ4v) is 5.59. The number of hydrogen-bond donors (Lipinski definition) is 1. The number of nitriles is 2. The van der Waals surface area contributed by atoms with E-state index in [1.54, 1.807) is 24.5 Å². The summed E-state index contributed by atoms with van der Waals surface area (Å²) in [7, 11) is 0. The number of imidazole rings is 1. The van der Waals surface area contributed by atoms with Crippen LogP contribution in [0, 0.1) is 22.7 Å². The van der Waals surface area contributed by atoms with Crippen molar-refractivity contribution in [3.05, 3.63) is 108 Å². The molecule has 6 aromatic rings. The van der Waals surface area contributed by atoms with Gasteiger partial charge in [0.05, 0.1) is 22.9 Å². The molecule has 0 radical (unpaired) electrons. The van der Waals surface area contributed by atoms with Crippen LogP contribution in [0.15, 0.2) is 91.3 Å². The van der Waals surface area contributed by atoms with Crippen LogP contribution in [0.3, 0.4) is 0 Å². The van der Waals surface area contributed by atoms with Gasteiger partial charge >= 0.3 is 0 Å². The van der Waals surface area contributed by atoms with Crippen molar-refractivity contribution in [3.8, 4) is 40.5 Å². The Morgan fingerprint density at radius 3 is 2.29 bits per heavy atom. The highest BCUT2D eigenvalue weighted by Crippen LogP contribution is 2.32. The molecule has 0 bridgehead atoms. The zero-order chi connectivity index (χ0) is 30.8. The molecule has 5 heterocycles. The summed E-state index contributed by atoms with van der Waals surface area (Å²) < 4.78 is 2.02. The number of aromatic nitrogens is 6. The average molecular weight is 590 g/mol. The van der Waals surface area contributed by atoms with Crippen molar-refractivity contribution < 1.29 is 0 Å². The van der Waals surface area contributed by atoms with Gasteiger partial charge in [-0.25, -0.2) is 24.9 Å². The summed E-state index contributed by atoms with van der Waals surface area (Å²) in [5.74, 6) is 2.03. The molecule has 1 aliphatic heterocycles. The number of nitrogens with two attached hydrogens (primary N) is 1. The fourth-order valence-electron chi connectivity index (χ4n) is 5.59. The molecule has 0 atom stereocenters. The van der Waals surface area contributed by atoms with Crippen molar-refractivity contribution >= 4 is 22.8 Å². The largest absolute Gasteiger partial charge is 0.383 e. The van der Waals surface area contributed by atoms with E-state index in [9.17, 15) is 5.26 Å². The van der Waals surface area contributed by atoms with Crippen LogP contribution in [0.5, 0.6) is 0 Å². The standard InChI is InChI=1S/C34H27N11/c35-20-23-3-7-25(8-4-23)28-11-12-29-34(40-28)45(33(41-29)27-2-1-14-39-32(27)37)26-9-5-24(6-10-26)22-43-16-18-44(19-17-43)31-13-15-38-30(21-36)42-31/h1-15H,16-19,22H2,(H2,37,39). The molecule has 4 aromatic heterocycles. The first kappa shape index (κ1) is 27.7. The number of fused-ring (bicyclic) bond motifs is 1. The molecular formula is C34H27N11. The number of hydrogen-bond acceptors (Lipinski definition) is 10. The van der Waals surface area contributed by atoms with E-state index in [1.807, 2.05) is 53.1 Å². The molecule has 0 spiro atoms. The molecule has 1 aliphatic rings. The van der Waals surface area contributed by atoms with Gasteiger partial charge in [-0.05, 0) is 60.2 Å². The third-order valence-corrected chi connectivity index (χ3v) is 7.93. The van der Waals surface area contributed by atoms with Gasteiger partial charge in [-0.3, -0.25) is 9.47 Å². The van der Waals surface area contributed by atoms with E-state index in [-0.39, 0.29) is 5.82 Å². The molecule has 0 unspecified atom stereocenters. The zero-order valence-corrected chi connectivity index (χ0v) is 24.2. The van der Waals surface area contributed by atoms with Crippen LogP contribution in [-0.4, -0.2) is 60.6 Å². The SMILES string of the molecule is N#Cc1ccc(-c2ccc3nc(-c4cccnc4N)n(-c4ccc(CN5CCN(c6ccnc(C#N)n6)CC5)cc4)c3n2)cc1. The average Bonchev–Trinajstić information content (AvgIpc) is 3.48. The minimum absolute atomic E-state index is 0.191. The second kappa shape index (κ2) is 11.8. The van der Waals surface area contributed by atoms with E-state index in [2.05, 4.69) is 55.1 Å². The van der Waals surface area contributed by atoms with E-state index in [4.69, 9.17) is 21.0 Å². The first-order valence-corrected chi connectivity index (χ1v) is 14.5. The number of benzene rings is 2. The van der Waals surface area contributed by atoms with Crippen LogP contribution in [0.2, 0.25) is 0 Å². The summed E-state index contributed by atoms with van der Waals surface area (Å²) in [4.78, 5) is 27.2. The molecule has 2 aromatic carbocycles. The Bertz CT molecular complexity index is 2080. The van der Waals surface area contributed by atoms with Gasteiger partial charge < -0.3 is 10.6 Å². The van der Waals surface area contributed by atoms with E-state index in [1.165, 1.54) is 5.56 Å². The molecule has 1 fully saturated rings. The number of anilines is 2. The number of pyridine rings is 2. The lowest BCUT2D eigenvalue weighted by molar-refractivity contribution is 0.249. The lowest BCUT2D eigenvalue weighted by Gasteiger charge is -2.35. The maximum absolute atomic E-state index is 9.21. The van der Waals surface area contributed by atoms with E-state index in [0.29, 0.717) is 22.9 Å². The molecular weight excluding hydrogens is 562 g/mol. The van der Waals surface area contributed by atoms with Gasteiger partial charge in [-0.15, -0.1) is 0 Å². The normalized spacial score (nSPS) is 13.4. The van der Waals surface area contributed by atoms with Crippen molar-refractivity contribution in [2.75, 3.05) is 36.8 Å². The summed E-state index contributed by atoms with van der Waals surface area (Å²) in [6, 6.07) is 29.5. The van der Waals surface area contributed by atoms with Crippen LogP contribution >= 0.6 is 0 Å². The monoisotopic (exact) mass is 589 g/mol. The molecule has 45 heavy (non-hydrogen) atoms. The first-order chi connectivity index (χ1) is 22.1. The first-order valence-electron chi connectivity index (χ1n) is 14.5. The van der Waals surface area contributed by atoms with Gasteiger partial charge in [-0.2, -0.15) is 10.5 Å².